The Kier molecular flexibility index (Phi) is 4.85. The van der Waals surface area contributed by atoms with Gasteiger partial charge in [0.15, 0.2) is 0 Å². The molecule has 1 aliphatic heterocycles. The highest BCUT2D eigenvalue weighted by molar-refractivity contribution is 7.89. The van der Waals surface area contributed by atoms with E-state index in [1.807, 2.05) is 0 Å². The van der Waals surface area contributed by atoms with E-state index in [9.17, 15) is 12.8 Å². The Bertz CT molecular complexity index is 617. The van der Waals surface area contributed by atoms with E-state index in [2.05, 4.69) is 0 Å². The van der Waals surface area contributed by atoms with Gasteiger partial charge in [-0.25, -0.2) is 12.8 Å². The first-order chi connectivity index (χ1) is 9.86. The molecule has 0 bridgehead atoms. The normalized spacial score (nSPS) is 20.6. The number of sulfonamides is 1. The van der Waals surface area contributed by atoms with E-state index in [0.717, 1.165) is 12.8 Å². The van der Waals surface area contributed by atoms with Crippen LogP contribution in [0, 0.1) is 18.7 Å². The van der Waals surface area contributed by atoms with Crippen molar-refractivity contribution in [2.24, 2.45) is 5.92 Å². The lowest BCUT2D eigenvalue weighted by Crippen LogP contribution is -2.41. The minimum absolute atomic E-state index is 0.143. The van der Waals surface area contributed by atoms with Crippen LogP contribution in [0.3, 0.4) is 0 Å². The van der Waals surface area contributed by atoms with E-state index < -0.39 is 15.8 Å². The number of halogens is 1. The van der Waals surface area contributed by atoms with Crippen molar-refractivity contribution in [1.29, 1.82) is 0 Å². The molecule has 0 radical (unpaired) electrons. The Hall–Kier alpha value is -1.18. The zero-order valence-electron chi connectivity index (χ0n) is 12.3. The fourth-order valence-corrected chi connectivity index (χ4v) is 4.26. The average Bonchev–Trinajstić information content (AvgIpc) is 2.43. The molecule has 2 N–H and O–H groups in total. The Morgan fingerprint density at radius 1 is 1.48 bits per heavy atom. The number of methoxy groups -OCH3 is 1. The van der Waals surface area contributed by atoms with Gasteiger partial charge in [0.05, 0.1) is 6.61 Å². The van der Waals surface area contributed by atoms with Crippen LogP contribution in [0.1, 0.15) is 18.4 Å². The number of nitrogen functional groups attached to an aromatic ring is 1. The molecular formula is C14H21FN2O3S. The minimum Gasteiger partial charge on any atom is -0.398 e. The second-order valence-corrected chi connectivity index (χ2v) is 7.37. The van der Waals surface area contributed by atoms with E-state index in [1.54, 1.807) is 14.0 Å². The van der Waals surface area contributed by atoms with Crippen molar-refractivity contribution in [2.75, 3.05) is 32.5 Å². The first-order valence-electron chi connectivity index (χ1n) is 6.91. The summed E-state index contributed by atoms with van der Waals surface area (Å²) in [5.74, 6) is -0.611. The number of piperidine rings is 1. The van der Waals surface area contributed by atoms with Gasteiger partial charge in [-0.3, -0.25) is 0 Å². The van der Waals surface area contributed by atoms with Gasteiger partial charge in [0.1, 0.15) is 10.7 Å². The highest BCUT2D eigenvalue weighted by atomic mass is 32.2. The molecule has 1 unspecified atom stereocenters. The van der Waals surface area contributed by atoms with Crippen molar-refractivity contribution >= 4 is 15.7 Å². The highest BCUT2D eigenvalue weighted by Crippen LogP contribution is 2.28. The van der Waals surface area contributed by atoms with Gasteiger partial charge >= 0.3 is 0 Å². The van der Waals surface area contributed by atoms with Crippen LogP contribution < -0.4 is 5.73 Å². The molecule has 1 saturated heterocycles. The summed E-state index contributed by atoms with van der Waals surface area (Å²) in [5, 5.41) is 0. The van der Waals surface area contributed by atoms with Crippen LogP contribution in [0.5, 0.6) is 0 Å². The van der Waals surface area contributed by atoms with Crippen LogP contribution in [0.25, 0.3) is 0 Å². The summed E-state index contributed by atoms with van der Waals surface area (Å²) in [6.07, 6.45) is 1.66. The molecule has 7 heteroatoms. The maximum atomic E-state index is 14.0. The van der Waals surface area contributed by atoms with E-state index in [-0.39, 0.29) is 16.5 Å². The number of hydrogen-bond acceptors (Lipinski definition) is 4. The van der Waals surface area contributed by atoms with Gasteiger partial charge in [-0.05, 0) is 43.4 Å². The fourth-order valence-electron chi connectivity index (χ4n) is 2.62. The van der Waals surface area contributed by atoms with E-state index in [4.69, 9.17) is 10.5 Å². The third-order valence-electron chi connectivity index (χ3n) is 3.82. The standard InChI is InChI=1S/C14H21FN2O3S/c1-10-6-12(15)14(7-13(10)16)21(18,19)17-5-3-4-11(8-17)9-20-2/h6-7,11H,3-5,8-9,16H2,1-2H3. The number of nitrogens with zero attached hydrogens (tertiary/aromatic N) is 1. The van der Waals surface area contributed by atoms with E-state index in [0.29, 0.717) is 25.3 Å². The summed E-state index contributed by atoms with van der Waals surface area (Å²) in [6.45, 7) is 2.90. The lowest BCUT2D eigenvalue weighted by Gasteiger charge is -2.31. The third kappa shape index (κ3) is 3.36. The maximum absolute atomic E-state index is 14.0. The van der Waals surface area contributed by atoms with Crippen LogP contribution in [0.4, 0.5) is 10.1 Å². The van der Waals surface area contributed by atoms with Gasteiger partial charge in [0, 0.05) is 25.9 Å². The second-order valence-electron chi connectivity index (χ2n) is 5.47. The molecule has 1 aliphatic rings. The lowest BCUT2D eigenvalue weighted by molar-refractivity contribution is 0.118. The summed E-state index contributed by atoms with van der Waals surface area (Å²) >= 11 is 0. The third-order valence-corrected chi connectivity index (χ3v) is 5.70. The summed E-state index contributed by atoms with van der Waals surface area (Å²) in [5.41, 5.74) is 6.53. The molecular weight excluding hydrogens is 295 g/mol. The predicted molar refractivity (Wildman–Crippen MR) is 78.9 cm³/mol. The molecule has 1 heterocycles. The molecule has 21 heavy (non-hydrogen) atoms. The summed E-state index contributed by atoms with van der Waals surface area (Å²) in [6, 6.07) is 2.37. The summed E-state index contributed by atoms with van der Waals surface area (Å²) < 4.78 is 45.7. The maximum Gasteiger partial charge on any atom is 0.246 e. The van der Waals surface area contributed by atoms with Gasteiger partial charge in [-0.15, -0.1) is 0 Å². The summed E-state index contributed by atoms with van der Waals surface area (Å²) in [4.78, 5) is -0.344. The van der Waals surface area contributed by atoms with Crippen molar-refractivity contribution in [2.45, 2.75) is 24.7 Å². The SMILES string of the molecule is COCC1CCCN(S(=O)(=O)c2cc(N)c(C)cc2F)C1. The molecule has 5 nitrogen and oxygen atoms in total. The monoisotopic (exact) mass is 316 g/mol. The van der Waals surface area contributed by atoms with Crippen molar-refractivity contribution in [3.8, 4) is 0 Å². The number of nitrogens with two attached hydrogens (primary N) is 1. The Balaban J connectivity index is 2.31. The smallest absolute Gasteiger partial charge is 0.246 e. The number of benzene rings is 1. The van der Waals surface area contributed by atoms with Crippen molar-refractivity contribution in [3.63, 3.8) is 0 Å². The van der Waals surface area contributed by atoms with Crippen LogP contribution in [-0.2, 0) is 14.8 Å². The quantitative estimate of drug-likeness (QED) is 0.859. The van der Waals surface area contributed by atoms with Gasteiger partial charge in [-0.2, -0.15) is 4.31 Å². The van der Waals surface area contributed by atoms with Crippen LogP contribution in [0.15, 0.2) is 17.0 Å². The molecule has 0 saturated carbocycles. The first-order valence-corrected chi connectivity index (χ1v) is 8.35. The van der Waals surface area contributed by atoms with Crippen molar-refractivity contribution < 1.29 is 17.5 Å². The first kappa shape index (κ1) is 16.2. The van der Waals surface area contributed by atoms with Crippen LogP contribution in [0.2, 0.25) is 0 Å². The average molecular weight is 316 g/mol. The van der Waals surface area contributed by atoms with Gasteiger partial charge < -0.3 is 10.5 Å². The molecule has 0 spiro atoms. The predicted octanol–water partition coefficient (Wildman–Crippen LogP) is 1.76. The molecule has 1 aromatic rings. The molecule has 1 fully saturated rings. The van der Waals surface area contributed by atoms with E-state index >= 15 is 0 Å². The molecule has 0 aliphatic carbocycles. The zero-order chi connectivity index (χ0) is 15.6. The number of rotatable bonds is 4. The lowest BCUT2D eigenvalue weighted by atomic mass is 10.0. The van der Waals surface area contributed by atoms with Crippen molar-refractivity contribution in [1.82, 2.24) is 4.31 Å². The topological polar surface area (TPSA) is 72.6 Å². The largest absolute Gasteiger partial charge is 0.398 e. The molecule has 2 rings (SSSR count). The van der Waals surface area contributed by atoms with Gasteiger partial charge in [-0.1, -0.05) is 0 Å². The second kappa shape index (κ2) is 6.29. The Labute approximate surface area is 124 Å². The van der Waals surface area contributed by atoms with Crippen LogP contribution >= 0.6 is 0 Å². The van der Waals surface area contributed by atoms with Crippen LogP contribution in [-0.4, -0.2) is 39.5 Å². The fraction of sp³-hybridized carbons (Fsp3) is 0.571. The molecule has 118 valence electrons. The molecule has 0 amide bonds. The number of aryl methyl sites for hydroxylation is 1. The number of anilines is 1. The summed E-state index contributed by atoms with van der Waals surface area (Å²) in [7, 11) is -2.27. The van der Waals surface area contributed by atoms with Crippen molar-refractivity contribution in [3.05, 3.63) is 23.5 Å². The minimum atomic E-state index is -3.86. The number of hydrogen-bond donors (Lipinski definition) is 1. The van der Waals surface area contributed by atoms with Gasteiger partial charge in [0.25, 0.3) is 0 Å². The number of ether oxygens (including phenoxy) is 1. The zero-order valence-corrected chi connectivity index (χ0v) is 13.1. The Morgan fingerprint density at radius 2 is 2.19 bits per heavy atom. The van der Waals surface area contributed by atoms with E-state index in [1.165, 1.54) is 16.4 Å². The molecule has 0 aromatic heterocycles. The molecule has 1 aromatic carbocycles. The molecule has 1 atom stereocenters. The van der Waals surface area contributed by atoms with Gasteiger partial charge in [0.2, 0.25) is 10.0 Å². The highest BCUT2D eigenvalue weighted by Gasteiger charge is 2.32. The Morgan fingerprint density at radius 3 is 2.86 bits per heavy atom.